The Bertz CT molecular complexity index is 602. The van der Waals surface area contributed by atoms with E-state index in [0.29, 0.717) is 12.1 Å². The fourth-order valence-corrected chi connectivity index (χ4v) is 1.58. The van der Waals surface area contributed by atoms with E-state index < -0.39 is 48.1 Å². The van der Waals surface area contributed by atoms with Crippen molar-refractivity contribution in [2.45, 2.75) is 19.0 Å². The summed E-state index contributed by atoms with van der Waals surface area (Å²) in [5, 5.41) is 3.91. The van der Waals surface area contributed by atoms with E-state index in [2.05, 4.69) is 5.32 Å². The van der Waals surface area contributed by atoms with Gasteiger partial charge in [-0.3, -0.25) is 9.59 Å². The number of nitrogens with one attached hydrogen (secondary N) is 2. The molecule has 0 heterocycles. The van der Waals surface area contributed by atoms with Crippen LogP contribution in [-0.4, -0.2) is 30.8 Å². The molecule has 0 unspecified atom stereocenters. The average molecular weight is 339 g/mol. The SMILES string of the molecule is CC(=O)Nc1cc(C(=O)NCC(F)(F)CN)cc(C(F)(F)F)c1. The molecule has 0 atom stereocenters. The highest BCUT2D eigenvalue weighted by atomic mass is 19.4. The number of hydrogen-bond acceptors (Lipinski definition) is 3. The normalized spacial score (nSPS) is 12.0. The van der Waals surface area contributed by atoms with E-state index in [1.54, 1.807) is 5.32 Å². The molecule has 0 aliphatic heterocycles. The standard InChI is InChI=1S/C13H14F5N3O2/c1-7(22)21-10-3-8(2-9(4-10)13(16,17)18)11(23)20-6-12(14,15)5-19/h2-4H,5-6,19H2,1H3,(H,20,23)(H,21,22). The number of carbonyl (C=O) groups is 2. The maximum absolute atomic E-state index is 13.0. The lowest BCUT2D eigenvalue weighted by Crippen LogP contribution is -2.41. The molecule has 0 aromatic heterocycles. The molecule has 0 radical (unpaired) electrons. The molecule has 4 N–H and O–H groups in total. The molecule has 5 nitrogen and oxygen atoms in total. The van der Waals surface area contributed by atoms with Crippen molar-refractivity contribution in [2.24, 2.45) is 5.73 Å². The summed E-state index contributed by atoms with van der Waals surface area (Å²) in [5.41, 5.74) is 2.81. The van der Waals surface area contributed by atoms with E-state index in [4.69, 9.17) is 5.73 Å². The Balaban J connectivity index is 3.09. The van der Waals surface area contributed by atoms with Gasteiger partial charge in [-0.05, 0) is 18.2 Å². The molecule has 0 fully saturated rings. The number of halogens is 5. The Morgan fingerprint density at radius 1 is 1.13 bits per heavy atom. The van der Waals surface area contributed by atoms with Crippen molar-refractivity contribution in [1.82, 2.24) is 5.32 Å². The Hall–Kier alpha value is -2.23. The lowest BCUT2D eigenvalue weighted by molar-refractivity contribution is -0.137. The third-order valence-corrected chi connectivity index (χ3v) is 2.65. The molecule has 0 saturated heterocycles. The Morgan fingerprint density at radius 2 is 1.74 bits per heavy atom. The summed E-state index contributed by atoms with van der Waals surface area (Å²) in [5.74, 6) is -5.17. The summed E-state index contributed by atoms with van der Waals surface area (Å²) in [4.78, 5) is 22.7. The number of rotatable bonds is 5. The summed E-state index contributed by atoms with van der Waals surface area (Å²) in [7, 11) is 0. The molecule has 1 aromatic rings. The van der Waals surface area contributed by atoms with Crippen LogP contribution in [0.4, 0.5) is 27.6 Å². The third kappa shape index (κ3) is 5.81. The highest BCUT2D eigenvalue weighted by Gasteiger charge is 2.32. The van der Waals surface area contributed by atoms with Gasteiger partial charge in [-0.2, -0.15) is 13.2 Å². The number of carbonyl (C=O) groups excluding carboxylic acids is 2. The molecular weight excluding hydrogens is 325 g/mol. The van der Waals surface area contributed by atoms with Gasteiger partial charge in [-0.25, -0.2) is 8.78 Å². The van der Waals surface area contributed by atoms with Crippen LogP contribution in [0.5, 0.6) is 0 Å². The van der Waals surface area contributed by atoms with Gasteiger partial charge in [0.2, 0.25) is 5.91 Å². The van der Waals surface area contributed by atoms with E-state index >= 15 is 0 Å². The Morgan fingerprint density at radius 3 is 2.22 bits per heavy atom. The van der Waals surface area contributed by atoms with E-state index in [1.807, 2.05) is 0 Å². The number of benzene rings is 1. The zero-order valence-corrected chi connectivity index (χ0v) is 11.9. The largest absolute Gasteiger partial charge is 0.416 e. The molecule has 0 aliphatic carbocycles. The first kappa shape index (κ1) is 18.8. The summed E-state index contributed by atoms with van der Waals surface area (Å²) >= 11 is 0. The van der Waals surface area contributed by atoms with Gasteiger partial charge in [0.1, 0.15) is 0 Å². The van der Waals surface area contributed by atoms with E-state index in [9.17, 15) is 31.5 Å². The van der Waals surface area contributed by atoms with Crippen LogP contribution < -0.4 is 16.4 Å². The molecular formula is C13H14F5N3O2. The molecule has 0 saturated carbocycles. The highest BCUT2D eigenvalue weighted by molar-refractivity contribution is 5.97. The molecule has 1 aromatic carbocycles. The minimum Gasteiger partial charge on any atom is -0.346 e. The average Bonchev–Trinajstić information content (AvgIpc) is 2.43. The number of amides is 2. The van der Waals surface area contributed by atoms with Gasteiger partial charge in [0.05, 0.1) is 18.7 Å². The molecule has 23 heavy (non-hydrogen) atoms. The molecule has 1 rings (SSSR count). The van der Waals surface area contributed by atoms with Gasteiger partial charge in [0.25, 0.3) is 11.8 Å². The van der Waals surface area contributed by atoms with Crippen molar-refractivity contribution >= 4 is 17.5 Å². The zero-order valence-electron chi connectivity index (χ0n) is 11.9. The summed E-state index contributed by atoms with van der Waals surface area (Å²) in [6, 6.07) is 2.08. The highest BCUT2D eigenvalue weighted by Crippen LogP contribution is 2.32. The first-order valence-electron chi connectivity index (χ1n) is 6.30. The molecule has 0 spiro atoms. The van der Waals surface area contributed by atoms with Gasteiger partial charge >= 0.3 is 6.18 Å². The smallest absolute Gasteiger partial charge is 0.346 e. The van der Waals surface area contributed by atoms with Crippen molar-refractivity contribution in [3.8, 4) is 0 Å². The predicted molar refractivity (Wildman–Crippen MR) is 72.1 cm³/mol. The summed E-state index contributed by atoms with van der Waals surface area (Å²) in [6.07, 6.45) is -4.77. The maximum Gasteiger partial charge on any atom is 0.416 e. The second kappa shape index (κ2) is 6.90. The molecule has 128 valence electrons. The topological polar surface area (TPSA) is 84.2 Å². The van der Waals surface area contributed by atoms with Crippen LogP contribution in [0.15, 0.2) is 18.2 Å². The molecule has 0 aliphatic rings. The monoisotopic (exact) mass is 339 g/mol. The fourth-order valence-electron chi connectivity index (χ4n) is 1.58. The molecule has 0 bridgehead atoms. The summed E-state index contributed by atoms with van der Waals surface area (Å²) in [6.45, 7) is -1.07. The quantitative estimate of drug-likeness (QED) is 0.717. The summed E-state index contributed by atoms with van der Waals surface area (Å²) < 4.78 is 64.3. The van der Waals surface area contributed by atoms with Gasteiger partial charge in [-0.15, -0.1) is 0 Å². The van der Waals surface area contributed by atoms with E-state index in [0.717, 1.165) is 13.0 Å². The van der Waals surface area contributed by atoms with Crippen LogP contribution in [-0.2, 0) is 11.0 Å². The first-order valence-corrected chi connectivity index (χ1v) is 6.30. The lowest BCUT2D eigenvalue weighted by atomic mass is 10.1. The van der Waals surface area contributed by atoms with Crippen LogP contribution in [0.25, 0.3) is 0 Å². The Labute approximate surface area is 128 Å². The van der Waals surface area contributed by atoms with Crippen LogP contribution in [0, 0.1) is 0 Å². The van der Waals surface area contributed by atoms with Crippen LogP contribution in [0.2, 0.25) is 0 Å². The van der Waals surface area contributed by atoms with Gasteiger partial charge in [0.15, 0.2) is 0 Å². The van der Waals surface area contributed by atoms with E-state index in [1.165, 1.54) is 0 Å². The van der Waals surface area contributed by atoms with Crippen LogP contribution in [0.1, 0.15) is 22.8 Å². The molecule has 2 amide bonds. The van der Waals surface area contributed by atoms with Crippen molar-refractivity contribution in [3.63, 3.8) is 0 Å². The second-order valence-electron chi connectivity index (χ2n) is 4.72. The van der Waals surface area contributed by atoms with Crippen molar-refractivity contribution in [1.29, 1.82) is 0 Å². The van der Waals surface area contributed by atoms with Gasteiger partial charge in [0, 0.05) is 18.2 Å². The Kier molecular flexibility index (Phi) is 5.65. The van der Waals surface area contributed by atoms with Crippen molar-refractivity contribution in [2.75, 3.05) is 18.4 Å². The third-order valence-electron chi connectivity index (χ3n) is 2.65. The number of alkyl halides is 5. The number of nitrogens with two attached hydrogens (primary N) is 1. The van der Waals surface area contributed by atoms with Gasteiger partial charge in [-0.1, -0.05) is 0 Å². The minimum absolute atomic E-state index is 0.275. The minimum atomic E-state index is -4.77. The predicted octanol–water partition coefficient (Wildman–Crippen LogP) is 1.99. The lowest BCUT2D eigenvalue weighted by Gasteiger charge is -2.16. The van der Waals surface area contributed by atoms with E-state index in [-0.39, 0.29) is 5.69 Å². The van der Waals surface area contributed by atoms with Crippen molar-refractivity contribution in [3.05, 3.63) is 29.3 Å². The maximum atomic E-state index is 13.0. The van der Waals surface area contributed by atoms with Crippen LogP contribution >= 0.6 is 0 Å². The fraction of sp³-hybridized carbons (Fsp3) is 0.385. The second-order valence-corrected chi connectivity index (χ2v) is 4.72. The zero-order chi connectivity index (χ0) is 17.8. The van der Waals surface area contributed by atoms with Gasteiger partial charge < -0.3 is 16.4 Å². The van der Waals surface area contributed by atoms with Crippen LogP contribution in [0.3, 0.4) is 0 Å². The molecule has 10 heteroatoms. The number of hydrogen-bond donors (Lipinski definition) is 3. The van der Waals surface area contributed by atoms with Crippen molar-refractivity contribution < 1.29 is 31.5 Å². The number of anilines is 1. The first-order chi connectivity index (χ1) is 10.4.